The van der Waals surface area contributed by atoms with Crippen molar-refractivity contribution in [1.82, 2.24) is 19.8 Å². The van der Waals surface area contributed by atoms with E-state index >= 15 is 0 Å². The SMILES string of the molecule is CNCCC1CCN(C(=O)Cn2cnc3sc(C)c(C)c3c2=O)CC1.Cl. The number of aromatic nitrogens is 2. The van der Waals surface area contributed by atoms with Crippen molar-refractivity contribution in [2.24, 2.45) is 5.92 Å². The second-order valence-corrected chi connectivity index (χ2v) is 8.06. The van der Waals surface area contributed by atoms with Crippen LogP contribution in [0.1, 0.15) is 29.7 Å². The number of nitrogens with one attached hydrogen (secondary N) is 1. The number of hydrogen-bond acceptors (Lipinski definition) is 5. The van der Waals surface area contributed by atoms with Gasteiger partial charge in [0.05, 0.1) is 11.7 Å². The molecule has 0 radical (unpaired) electrons. The Morgan fingerprint density at radius 1 is 1.35 bits per heavy atom. The lowest BCUT2D eigenvalue weighted by atomic mass is 9.93. The molecular weight excluding hydrogens is 372 g/mol. The Bertz CT molecular complexity index is 824. The van der Waals surface area contributed by atoms with Crippen LogP contribution < -0.4 is 10.9 Å². The van der Waals surface area contributed by atoms with E-state index in [1.54, 1.807) is 0 Å². The van der Waals surface area contributed by atoms with Gasteiger partial charge in [-0.25, -0.2) is 4.98 Å². The first-order chi connectivity index (χ1) is 12.0. The van der Waals surface area contributed by atoms with Crippen molar-refractivity contribution in [2.75, 3.05) is 26.7 Å². The molecule has 0 saturated carbocycles. The standard InChI is InChI=1S/C18H26N4O2S.ClH/c1-12-13(2)25-17-16(12)18(24)22(11-20-17)10-15(23)21-8-5-14(6-9-21)4-7-19-3;/h11,14,19H,4-10H2,1-3H3;1H. The van der Waals surface area contributed by atoms with Crippen LogP contribution in [0.15, 0.2) is 11.1 Å². The summed E-state index contributed by atoms with van der Waals surface area (Å²) in [5.74, 6) is 0.702. The van der Waals surface area contributed by atoms with Crippen molar-refractivity contribution in [3.63, 3.8) is 0 Å². The Labute approximate surface area is 164 Å². The maximum atomic E-state index is 12.7. The number of likely N-dealkylation sites (tertiary alicyclic amines) is 1. The molecule has 1 fully saturated rings. The van der Waals surface area contributed by atoms with Gasteiger partial charge in [-0.3, -0.25) is 14.2 Å². The third-order valence-corrected chi connectivity index (χ3v) is 6.35. The van der Waals surface area contributed by atoms with Crippen molar-refractivity contribution in [3.05, 3.63) is 27.1 Å². The van der Waals surface area contributed by atoms with E-state index < -0.39 is 0 Å². The number of amides is 1. The molecule has 3 rings (SSSR count). The van der Waals surface area contributed by atoms with E-state index in [0.29, 0.717) is 11.3 Å². The third kappa shape index (κ3) is 4.27. The summed E-state index contributed by atoms with van der Waals surface area (Å²) in [7, 11) is 1.97. The summed E-state index contributed by atoms with van der Waals surface area (Å²) in [5.41, 5.74) is 0.869. The van der Waals surface area contributed by atoms with Crippen LogP contribution in [0.3, 0.4) is 0 Å². The number of rotatable bonds is 5. The second-order valence-electron chi connectivity index (χ2n) is 6.86. The number of carbonyl (C=O) groups excluding carboxylic acids is 1. The molecule has 8 heteroatoms. The van der Waals surface area contributed by atoms with Crippen LogP contribution >= 0.6 is 23.7 Å². The highest BCUT2D eigenvalue weighted by Gasteiger charge is 2.23. The molecule has 1 N–H and O–H groups in total. The molecule has 144 valence electrons. The highest BCUT2D eigenvalue weighted by atomic mass is 35.5. The van der Waals surface area contributed by atoms with Gasteiger partial charge in [-0.05, 0) is 58.2 Å². The molecule has 1 amide bonds. The van der Waals surface area contributed by atoms with E-state index in [4.69, 9.17) is 0 Å². The molecule has 0 aromatic carbocycles. The first kappa shape index (κ1) is 20.9. The number of aryl methyl sites for hydroxylation is 2. The van der Waals surface area contributed by atoms with Gasteiger partial charge < -0.3 is 10.2 Å². The van der Waals surface area contributed by atoms with Crippen molar-refractivity contribution in [3.8, 4) is 0 Å². The normalized spacial score (nSPS) is 15.3. The Balaban J connectivity index is 0.00000243. The summed E-state index contributed by atoms with van der Waals surface area (Å²) in [4.78, 5) is 33.4. The van der Waals surface area contributed by atoms with E-state index in [1.165, 1.54) is 22.2 Å². The lowest BCUT2D eigenvalue weighted by Gasteiger charge is -2.32. The minimum absolute atomic E-state index is 0. The number of thiophene rings is 1. The summed E-state index contributed by atoms with van der Waals surface area (Å²) in [6.07, 6.45) is 4.76. The summed E-state index contributed by atoms with van der Waals surface area (Å²) >= 11 is 1.53. The Hall–Kier alpha value is -1.44. The first-order valence-electron chi connectivity index (χ1n) is 8.88. The van der Waals surface area contributed by atoms with E-state index in [1.807, 2.05) is 25.8 Å². The fourth-order valence-electron chi connectivity index (χ4n) is 3.45. The average Bonchev–Trinajstić information content (AvgIpc) is 2.91. The molecule has 6 nitrogen and oxygen atoms in total. The number of halogens is 1. The molecule has 0 spiro atoms. The van der Waals surface area contributed by atoms with Gasteiger partial charge in [-0.15, -0.1) is 23.7 Å². The molecule has 0 bridgehead atoms. The van der Waals surface area contributed by atoms with E-state index in [0.717, 1.165) is 54.2 Å². The highest BCUT2D eigenvalue weighted by Crippen LogP contribution is 2.25. The highest BCUT2D eigenvalue weighted by molar-refractivity contribution is 7.18. The Morgan fingerprint density at radius 2 is 2.04 bits per heavy atom. The zero-order valence-corrected chi connectivity index (χ0v) is 17.2. The fraction of sp³-hybridized carbons (Fsp3) is 0.611. The summed E-state index contributed by atoms with van der Waals surface area (Å²) < 4.78 is 1.46. The van der Waals surface area contributed by atoms with Crippen LogP contribution in [-0.4, -0.2) is 47.0 Å². The smallest absolute Gasteiger partial charge is 0.262 e. The molecule has 3 heterocycles. The number of nitrogens with zero attached hydrogens (tertiary/aromatic N) is 3. The fourth-order valence-corrected chi connectivity index (χ4v) is 4.44. The number of carbonyl (C=O) groups is 1. The van der Waals surface area contributed by atoms with Crippen LogP contribution in [0.2, 0.25) is 0 Å². The first-order valence-corrected chi connectivity index (χ1v) is 9.70. The van der Waals surface area contributed by atoms with Gasteiger partial charge in [-0.2, -0.15) is 0 Å². The summed E-state index contributed by atoms with van der Waals surface area (Å²) in [6, 6.07) is 0. The molecule has 0 unspecified atom stereocenters. The van der Waals surface area contributed by atoms with Crippen LogP contribution in [0.5, 0.6) is 0 Å². The third-order valence-electron chi connectivity index (χ3n) is 5.23. The molecule has 26 heavy (non-hydrogen) atoms. The Kier molecular flexibility index (Phi) is 7.20. The zero-order chi connectivity index (χ0) is 18.0. The van der Waals surface area contributed by atoms with Crippen molar-refractivity contribution >= 4 is 39.9 Å². The molecule has 0 aliphatic carbocycles. The van der Waals surface area contributed by atoms with Crippen LogP contribution in [-0.2, 0) is 11.3 Å². The van der Waals surface area contributed by atoms with E-state index in [-0.39, 0.29) is 30.4 Å². The van der Waals surface area contributed by atoms with Crippen molar-refractivity contribution in [2.45, 2.75) is 39.7 Å². The van der Waals surface area contributed by atoms with Gasteiger partial charge in [0, 0.05) is 18.0 Å². The van der Waals surface area contributed by atoms with Gasteiger partial charge in [0.15, 0.2) is 0 Å². The number of hydrogen-bond donors (Lipinski definition) is 1. The molecule has 1 aliphatic heterocycles. The molecule has 2 aromatic rings. The maximum Gasteiger partial charge on any atom is 0.262 e. The van der Waals surface area contributed by atoms with Gasteiger partial charge in [-0.1, -0.05) is 0 Å². The van der Waals surface area contributed by atoms with Crippen molar-refractivity contribution < 1.29 is 4.79 Å². The van der Waals surface area contributed by atoms with E-state index in [9.17, 15) is 9.59 Å². The van der Waals surface area contributed by atoms with Gasteiger partial charge in [0.1, 0.15) is 11.4 Å². The second kappa shape index (κ2) is 8.97. The maximum absolute atomic E-state index is 12.7. The zero-order valence-electron chi connectivity index (χ0n) is 15.6. The minimum atomic E-state index is -0.107. The minimum Gasteiger partial charge on any atom is -0.341 e. The lowest BCUT2D eigenvalue weighted by molar-refractivity contribution is -0.133. The monoisotopic (exact) mass is 398 g/mol. The molecule has 1 aliphatic rings. The predicted octanol–water partition coefficient (Wildman–Crippen LogP) is 2.34. The van der Waals surface area contributed by atoms with Gasteiger partial charge in [0.2, 0.25) is 5.91 Å². The average molecular weight is 399 g/mol. The van der Waals surface area contributed by atoms with Gasteiger partial charge >= 0.3 is 0 Å². The van der Waals surface area contributed by atoms with E-state index in [2.05, 4.69) is 10.3 Å². The largest absolute Gasteiger partial charge is 0.341 e. The summed E-state index contributed by atoms with van der Waals surface area (Å²) in [5, 5.41) is 3.84. The number of piperidine rings is 1. The van der Waals surface area contributed by atoms with Crippen LogP contribution in [0, 0.1) is 19.8 Å². The Morgan fingerprint density at radius 3 is 2.69 bits per heavy atom. The predicted molar refractivity (Wildman–Crippen MR) is 108 cm³/mol. The van der Waals surface area contributed by atoms with Gasteiger partial charge in [0.25, 0.3) is 5.56 Å². The lowest BCUT2D eigenvalue weighted by Crippen LogP contribution is -2.41. The molecule has 0 atom stereocenters. The summed E-state index contributed by atoms with van der Waals surface area (Å²) in [6.45, 7) is 6.62. The van der Waals surface area contributed by atoms with Crippen LogP contribution in [0.25, 0.3) is 10.2 Å². The molecule has 1 saturated heterocycles. The number of fused-ring (bicyclic) bond motifs is 1. The quantitative estimate of drug-likeness (QED) is 0.839. The topological polar surface area (TPSA) is 67.2 Å². The molecule has 2 aromatic heterocycles. The van der Waals surface area contributed by atoms with Crippen LogP contribution in [0.4, 0.5) is 0 Å². The molecular formula is C18H27ClN4O2S. The van der Waals surface area contributed by atoms with Crippen molar-refractivity contribution in [1.29, 1.82) is 0 Å².